The molecule has 46 heavy (non-hydrogen) atoms. The van der Waals surface area contributed by atoms with E-state index in [1.165, 1.54) is 24.8 Å². The zero-order valence-electron chi connectivity index (χ0n) is 24.5. The van der Waals surface area contributed by atoms with Gasteiger partial charge < -0.3 is 25.4 Å². The van der Waals surface area contributed by atoms with Gasteiger partial charge in [0.05, 0.1) is 17.2 Å². The largest absolute Gasteiger partial charge is 0.471 e. The predicted octanol–water partition coefficient (Wildman–Crippen LogP) is 5.49. The lowest BCUT2D eigenvalue weighted by molar-refractivity contribution is -0.182. The summed E-state index contributed by atoms with van der Waals surface area (Å²) in [4.78, 5) is 33.3. The number of imidazole rings is 1. The number of alkyl halides is 8. The number of hydrogen-bond acceptors (Lipinski definition) is 7. The van der Waals surface area contributed by atoms with E-state index in [1.807, 2.05) is 0 Å². The first-order valence-electron chi connectivity index (χ1n) is 14.0. The molecule has 2 amide bonds. The first-order valence-corrected chi connectivity index (χ1v) is 14.0. The number of nitrogens with one attached hydrogen (secondary N) is 3. The molecule has 0 bridgehead atoms. The maximum Gasteiger partial charge on any atom is 0.418 e. The molecular formula is C28H30F8N6O4. The Kier molecular flexibility index (Phi) is 10.6. The number of hydrogen-bond donors (Lipinski definition) is 3. The first kappa shape index (κ1) is 34.6. The van der Waals surface area contributed by atoms with Crippen LogP contribution in [0.5, 0.6) is 5.88 Å². The zero-order chi connectivity index (χ0) is 33.8. The van der Waals surface area contributed by atoms with E-state index < -0.39 is 66.3 Å². The molecule has 1 saturated carbocycles. The van der Waals surface area contributed by atoms with Gasteiger partial charge in [-0.05, 0) is 49.4 Å². The molecule has 4 rings (SSSR count). The second kappa shape index (κ2) is 14.0. The maximum absolute atomic E-state index is 13.9. The van der Waals surface area contributed by atoms with E-state index in [2.05, 4.69) is 25.9 Å². The highest BCUT2D eigenvalue weighted by molar-refractivity contribution is 5.99. The van der Waals surface area contributed by atoms with Crippen molar-refractivity contribution in [3.05, 3.63) is 41.0 Å². The van der Waals surface area contributed by atoms with Gasteiger partial charge in [-0.3, -0.25) is 14.2 Å². The lowest BCUT2D eigenvalue weighted by atomic mass is 9.85. The van der Waals surface area contributed by atoms with E-state index >= 15 is 0 Å². The second-order valence-electron chi connectivity index (χ2n) is 10.7. The summed E-state index contributed by atoms with van der Waals surface area (Å²) in [7, 11) is 2.68. The summed E-state index contributed by atoms with van der Waals surface area (Å²) in [6.07, 6.45) is -12.4. The van der Waals surface area contributed by atoms with E-state index in [-0.39, 0.29) is 61.5 Å². The Morgan fingerprint density at radius 3 is 2.35 bits per heavy atom. The summed E-state index contributed by atoms with van der Waals surface area (Å²) in [5.41, 5.74) is -1.56. The van der Waals surface area contributed by atoms with Crippen molar-refractivity contribution in [2.24, 2.45) is 13.0 Å². The van der Waals surface area contributed by atoms with Crippen molar-refractivity contribution in [3.8, 4) is 5.88 Å². The smallest absolute Gasteiger partial charge is 0.418 e. The van der Waals surface area contributed by atoms with Gasteiger partial charge in [-0.15, -0.1) is 0 Å². The fourth-order valence-corrected chi connectivity index (χ4v) is 5.01. The Bertz CT molecular complexity index is 1550. The standard InChI is InChI=1S/C28H30F8N6O4/c1-42-23-20(40-26(42)39-19-9-14(11-37-22(43)13-45-2)3-8-18(19)28(34,35)36)10-17(25(41-23)46-12-21(29)30)24(44)38-16-6-4-15(5-7-16)27(31,32)33/h3,8-10,15-16,21H,4-7,11-13H2,1-2H3,(H,37,43)(H,38,44)(H,39,40). The molecule has 1 aliphatic carbocycles. The Hall–Kier alpha value is -4.22. The van der Waals surface area contributed by atoms with Crippen molar-refractivity contribution in [2.75, 3.05) is 25.6 Å². The number of carbonyl (C=O) groups excluding carboxylic acids is 2. The van der Waals surface area contributed by atoms with E-state index in [4.69, 9.17) is 9.47 Å². The molecule has 2 aromatic heterocycles. The average Bonchev–Trinajstić information content (AvgIpc) is 3.27. The van der Waals surface area contributed by atoms with Gasteiger partial charge in [0.15, 0.2) is 12.3 Å². The van der Waals surface area contributed by atoms with E-state index in [1.54, 1.807) is 0 Å². The highest BCUT2D eigenvalue weighted by atomic mass is 19.4. The Morgan fingerprint density at radius 2 is 1.74 bits per heavy atom. The lowest BCUT2D eigenvalue weighted by Crippen LogP contribution is -2.40. The van der Waals surface area contributed by atoms with Crippen LogP contribution in [0.25, 0.3) is 11.2 Å². The molecule has 3 aromatic rings. The topological polar surface area (TPSA) is 119 Å². The second-order valence-corrected chi connectivity index (χ2v) is 10.7. The molecule has 2 heterocycles. The van der Waals surface area contributed by atoms with E-state index in [0.29, 0.717) is 5.56 Å². The zero-order valence-corrected chi connectivity index (χ0v) is 24.5. The number of methoxy groups -OCH3 is 1. The van der Waals surface area contributed by atoms with Crippen LogP contribution in [0.3, 0.4) is 0 Å². The van der Waals surface area contributed by atoms with Crippen LogP contribution in [0.2, 0.25) is 0 Å². The van der Waals surface area contributed by atoms with Gasteiger partial charge in [0.2, 0.25) is 17.7 Å². The van der Waals surface area contributed by atoms with Gasteiger partial charge in [-0.1, -0.05) is 6.07 Å². The van der Waals surface area contributed by atoms with Crippen LogP contribution < -0.4 is 20.7 Å². The van der Waals surface area contributed by atoms with Gasteiger partial charge >= 0.3 is 12.4 Å². The quantitative estimate of drug-likeness (QED) is 0.232. The predicted molar refractivity (Wildman–Crippen MR) is 148 cm³/mol. The molecule has 1 aliphatic rings. The Morgan fingerprint density at radius 1 is 1.04 bits per heavy atom. The van der Waals surface area contributed by atoms with Gasteiger partial charge in [0.1, 0.15) is 17.7 Å². The monoisotopic (exact) mass is 666 g/mol. The van der Waals surface area contributed by atoms with Gasteiger partial charge in [-0.2, -0.15) is 31.3 Å². The SMILES string of the molecule is COCC(=O)NCc1ccc(C(F)(F)F)c(Nc2nc3cc(C(=O)NC4CCC(C(F)(F)F)CC4)c(OCC(F)F)nc3n2C)c1. The summed E-state index contributed by atoms with van der Waals surface area (Å²) in [6.45, 7) is -1.50. The van der Waals surface area contributed by atoms with Crippen LogP contribution in [0.4, 0.5) is 46.8 Å². The van der Waals surface area contributed by atoms with E-state index in [9.17, 15) is 44.7 Å². The fourth-order valence-electron chi connectivity index (χ4n) is 5.01. The van der Waals surface area contributed by atoms with Crippen LogP contribution in [-0.2, 0) is 29.3 Å². The molecule has 10 nitrogen and oxygen atoms in total. The van der Waals surface area contributed by atoms with Crippen molar-refractivity contribution in [1.29, 1.82) is 0 Å². The maximum atomic E-state index is 13.9. The van der Waals surface area contributed by atoms with Gasteiger partial charge in [0.25, 0.3) is 12.3 Å². The molecule has 18 heteroatoms. The molecule has 0 aliphatic heterocycles. The van der Waals surface area contributed by atoms with Crippen molar-refractivity contribution >= 4 is 34.6 Å². The molecule has 1 fully saturated rings. The number of halogens is 8. The number of benzene rings is 1. The number of anilines is 2. The summed E-state index contributed by atoms with van der Waals surface area (Å²) < 4.78 is 118. The molecule has 0 spiro atoms. The molecule has 0 radical (unpaired) electrons. The minimum absolute atomic E-state index is 0.0168. The van der Waals surface area contributed by atoms with Crippen LogP contribution in [0.15, 0.2) is 24.3 Å². The number of amides is 2. The van der Waals surface area contributed by atoms with E-state index in [0.717, 1.165) is 18.2 Å². The van der Waals surface area contributed by atoms with Gasteiger partial charge in [-0.25, -0.2) is 13.8 Å². The van der Waals surface area contributed by atoms with Crippen molar-refractivity contribution in [1.82, 2.24) is 25.2 Å². The van der Waals surface area contributed by atoms with Crippen molar-refractivity contribution in [2.45, 2.75) is 57.0 Å². The molecule has 3 N–H and O–H groups in total. The summed E-state index contributed by atoms with van der Waals surface area (Å²) >= 11 is 0. The number of pyridine rings is 1. The highest BCUT2D eigenvalue weighted by Gasteiger charge is 2.41. The third-order valence-electron chi connectivity index (χ3n) is 7.33. The number of fused-ring (bicyclic) bond motifs is 1. The number of carbonyl (C=O) groups is 2. The molecule has 0 saturated heterocycles. The Balaban J connectivity index is 1.64. The van der Waals surface area contributed by atoms with Crippen LogP contribution in [0.1, 0.15) is 47.2 Å². The normalized spacial score (nSPS) is 17.3. The number of ether oxygens (including phenoxy) is 2. The summed E-state index contributed by atoms with van der Waals surface area (Å²) in [5, 5.41) is 7.69. The molecule has 0 atom stereocenters. The van der Waals surface area contributed by atoms with Crippen molar-refractivity contribution in [3.63, 3.8) is 0 Å². The molecular weight excluding hydrogens is 636 g/mol. The fraction of sp³-hybridized carbons (Fsp3) is 0.500. The number of nitrogens with zero attached hydrogens (tertiary/aromatic N) is 3. The van der Waals surface area contributed by atoms with Crippen molar-refractivity contribution < 1.29 is 54.2 Å². The molecule has 1 aromatic carbocycles. The minimum atomic E-state index is -4.79. The van der Waals surface area contributed by atoms with Gasteiger partial charge in [0, 0.05) is 26.7 Å². The number of aromatic nitrogens is 3. The van der Waals surface area contributed by atoms with Crippen LogP contribution in [0, 0.1) is 5.92 Å². The summed E-state index contributed by atoms with van der Waals surface area (Å²) in [6, 6.07) is 3.69. The van der Waals surface area contributed by atoms with Crippen LogP contribution in [-0.4, -0.2) is 65.3 Å². The minimum Gasteiger partial charge on any atom is -0.471 e. The lowest BCUT2D eigenvalue weighted by Gasteiger charge is -2.30. The van der Waals surface area contributed by atoms with Crippen LogP contribution >= 0.6 is 0 Å². The molecule has 252 valence electrons. The average molecular weight is 667 g/mol. The first-order chi connectivity index (χ1) is 21.6. The third kappa shape index (κ3) is 8.52. The summed E-state index contributed by atoms with van der Waals surface area (Å²) in [5.74, 6) is -3.52. The molecule has 0 unspecified atom stereocenters. The third-order valence-corrected chi connectivity index (χ3v) is 7.33. The Labute approximate surface area is 256 Å². The number of rotatable bonds is 11. The highest BCUT2D eigenvalue weighted by Crippen LogP contribution is 2.39. The number of aryl methyl sites for hydroxylation is 1.